The third-order valence-electron chi connectivity index (χ3n) is 3.82. The molecule has 0 aromatic heterocycles. The van der Waals surface area contributed by atoms with Gasteiger partial charge in [-0.3, -0.25) is 0 Å². The van der Waals surface area contributed by atoms with Gasteiger partial charge in [-0.1, -0.05) is 6.42 Å². The van der Waals surface area contributed by atoms with Crippen LogP contribution in [0.4, 0.5) is 13.2 Å². The van der Waals surface area contributed by atoms with Crippen LogP contribution in [0.25, 0.3) is 0 Å². The molecule has 3 nitrogen and oxygen atoms in total. The van der Waals surface area contributed by atoms with Gasteiger partial charge in [0.05, 0.1) is 0 Å². The fourth-order valence-electron chi connectivity index (χ4n) is 2.63. The molecule has 0 bridgehead atoms. The third kappa shape index (κ3) is 3.07. The van der Waals surface area contributed by atoms with Gasteiger partial charge in [-0.15, -0.1) is 0 Å². The summed E-state index contributed by atoms with van der Waals surface area (Å²) in [7, 11) is -2.84. The monoisotopic (exact) mass is 339 g/mol. The molecule has 1 saturated carbocycles. The number of thioether (sulfide) groups is 1. The predicted octanol–water partition coefficient (Wildman–Crippen LogP) is 3.01. The van der Waals surface area contributed by atoms with Crippen LogP contribution in [0.2, 0.25) is 0 Å². The lowest BCUT2D eigenvalue weighted by molar-refractivity contribution is 0.375. The van der Waals surface area contributed by atoms with Crippen LogP contribution in [-0.4, -0.2) is 37.3 Å². The maximum atomic E-state index is 13.7. The van der Waals surface area contributed by atoms with Gasteiger partial charge >= 0.3 is 0 Å². The van der Waals surface area contributed by atoms with E-state index >= 15 is 0 Å². The van der Waals surface area contributed by atoms with Gasteiger partial charge in [0.1, 0.15) is 10.7 Å². The van der Waals surface area contributed by atoms with Crippen molar-refractivity contribution in [3.63, 3.8) is 0 Å². The van der Waals surface area contributed by atoms with Gasteiger partial charge in [0.2, 0.25) is 10.0 Å². The molecule has 8 heteroatoms. The lowest BCUT2D eigenvalue weighted by Crippen LogP contribution is -2.40. The Morgan fingerprint density at radius 3 is 2.38 bits per heavy atom. The van der Waals surface area contributed by atoms with E-state index in [2.05, 4.69) is 0 Å². The van der Waals surface area contributed by atoms with Crippen LogP contribution >= 0.6 is 11.8 Å². The molecule has 0 heterocycles. The Morgan fingerprint density at radius 2 is 1.76 bits per heavy atom. The Labute approximate surface area is 126 Å². The highest BCUT2D eigenvalue weighted by molar-refractivity contribution is 7.99. The van der Waals surface area contributed by atoms with Gasteiger partial charge in [0, 0.05) is 24.4 Å². The number of halogens is 3. The zero-order valence-electron chi connectivity index (χ0n) is 11.6. The highest BCUT2D eigenvalue weighted by Gasteiger charge is 2.37. The first-order valence-electron chi connectivity index (χ1n) is 6.44. The van der Waals surface area contributed by atoms with E-state index in [1.165, 1.54) is 7.05 Å². The molecule has 1 aliphatic rings. The van der Waals surface area contributed by atoms with E-state index in [0.717, 1.165) is 17.1 Å². The first-order valence-corrected chi connectivity index (χ1v) is 9.17. The van der Waals surface area contributed by atoms with Crippen molar-refractivity contribution in [1.82, 2.24) is 4.31 Å². The Hall–Kier alpha value is -0.730. The van der Waals surface area contributed by atoms with E-state index in [1.54, 1.807) is 11.8 Å². The Morgan fingerprint density at radius 1 is 1.14 bits per heavy atom. The molecule has 1 aromatic carbocycles. The fourth-order valence-corrected chi connectivity index (χ4v) is 5.22. The molecule has 0 spiro atoms. The molecule has 0 radical (unpaired) electrons. The lowest BCUT2D eigenvalue weighted by atomic mass is 10.2. The van der Waals surface area contributed by atoms with Crippen molar-refractivity contribution in [2.75, 3.05) is 13.3 Å². The molecule has 2 atom stereocenters. The SMILES string of the molecule is CSC1CCCC1N(C)S(=O)(=O)c1cc(F)c(F)cc1F. The Kier molecular flexibility index (Phi) is 4.89. The van der Waals surface area contributed by atoms with Crippen LogP contribution in [0, 0.1) is 17.5 Å². The molecule has 0 saturated heterocycles. The molecule has 1 fully saturated rings. The minimum atomic E-state index is -4.20. The van der Waals surface area contributed by atoms with Crippen molar-refractivity contribution >= 4 is 21.8 Å². The second-order valence-corrected chi connectivity index (χ2v) is 8.03. The van der Waals surface area contributed by atoms with Crippen LogP contribution in [0.1, 0.15) is 19.3 Å². The summed E-state index contributed by atoms with van der Waals surface area (Å²) in [6.45, 7) is 0. The zero-order valence-corrected chi connectivity index (χ0v) is 13.3. The van der Waals surface area contributed by atoms with Crippen LogP contribution < -0.4 is 0 Å². The third-order valence-corrected chi connectivity index (χ3v) is 6.87. The number of sulfonamides is 1. The maximum Gasteiger partial charge on any atom is 0.246 e. The smallest absolute Gasteiger partial charge is 0.207 e. The van der Waals surface area contributed by atoms with Crippen molar-refractivity contribution in [1.29, 1.82) is 0 Å². The summed E-state index contributed by atoms with van der Waals surface area (Å²) in [6, 6.07) is 0.397. The molecule has 2 unspecified atom stereocenters. The molecule has 1 aromatic rings. The van der Waals surface area contributed by atoms with Gasteiger partial charge in [-0.2, -0.15) is 16.1 Å². The number of nitrogens with zero attached hydrogens (tertiary/aromatic N) is 1. The van der Waals surface area contributed by atoms with Crippen LogP contribution in [-0.2, 0) is 10.0 Å². The molecule has 0 amide bonds. The number of hydrogen-bond donors (Lipinski definition) is 0. The van der Waals surface area contributed by atoms with E-state index < -0.39 is 32.4 Å². The van der Waals surface area contributed by atoms with Crippen LogP contribution in [0.15, 0.2) is 17.0 Å². The Bertz CT molecular complexity index is 637. The molecular formula is C13H16F3NO2S2. The topological polar surface area (TPSA) is 37.4 Å². The summed E-state index contributed by atoms with van der Waals surface area (Å²) in [5.41, 5.74) is 0. The van der Waals surface area contributed by atoms with E-state index in [9.17, 15) is 21.6 Å². The van der Waals surface area contributed by atoms with Crippen LogP contribution in [0.5, 0.6) is 0 Å². The molecule has 2 rings (SSSR count). The summed E-state index contributed by atoms with van der Waals surface area (Å²) in [5.74, 6) is -4.06. The first kappa shape index (κ1) is 16.6. The standard InChI is InChI=1S/C13H16F3NO2S2/c1-17(11-4-3-5-12(11)20-2)21(18,19)13-7-9(15)8(14)6-10(13)16/h6-7,11-12H,3-5H2,1-2H3. The van der Waals surface area contributed by atoms with Crippen molar-refractivity contribution in [3.05, 3.63) is 29.6 Å². The highest BCUT2D eigenvalue weighted by Crippen LogP contribution is 2.34. The zero-order chi connectivity index (χ0) is 15.8. The van der Waals surface area contributed by atoms with Crippen LogP contribution in [0.3, 0.4) is 0 Å². The molecule has 0 aliphatic heterocycles. The molecule has 0 N–H and O–H groups in total. The lowest BCUT2D eigenvalue weighted by Gasteiger charge is -2.28. The van der Waals surface area contributed by atoms with Gasteiger partial charge < -0.3 is 0 Å². The maximum absolute atomic E-state index is 13.7. The summed E-state index contributed by atoms with van der Waals surface area (Å²) in [4.78, 5) is -0.823. The van der Waals surface area contributed by atoms with E-state index in [-0.39, 0.29) is 17.4 Å². The minimum absolute atomic E-state index is 0.123. The van der Waals surface area contributed by atoms with Crippen molar-refractivity contribution in [2.45, 2.75) is 35.4 Å². The second kappa shape index (κ2) is 6.18. The quantitative estimate of drug-likeness (QED) is 0.792. The number of benzene rings is 1. The summed E-state index contributed by atoms with van der Waals surface area (Å²) in [5, 5.41) is 0.123. The normalized spacial score (nSPS) is 23.0. The van der Waals surface area contributed by atoms with Gasteiger partial charge in [0.15, 0.2) is 11.6 Å². The van der Waals surface area contributed by atoms with Gasteiger partial charge in [-0.05, 0) is 25.2 Å². The van der Waals surface area contributed by atoms with E-state index in [1.807, 2.05) is 6.26 Å². The molecular weight excluding hydrogens is 323 g/mol. The second-order valence-electron chi connectivity index (χ2n) is 4.99. The van der Waals surface area contributed by atoms with Crippen molar-refractivity contribution in [2.24, 2.45) is 0 Å². The largest absolute Gasteiger partial charge is 0.246 e. The predicted molar refractivity (Wildman–Crippen MR) is 76.2 cm³/mol. The molecule has 21 heavy (non-hydrogen) atoms. The number of rotatable bonds is 4. The van der Waals surface area contributed by atoms with Gasteiger partial charge in [0.25, 0.3) is 0 Å². The fraction of sp³-hybridized carbons (Fsp3) is 0.538. The van der Waals surface area contributed by atoms with E-state index in [0.29, 0.717) is 12.5 Å². The minimum Gasteiger partial charge on any atom is -0.207 e. The van der Waals surface area contributed by atoms with Crippen molar-refractivity contribution in [3.8, 4) is 0 Å². The highest BCUT2D eigenvalue weighted by atomic mass is 32.2. The van der Waals surface area contributed by atoms with Gasteiger partial charge in [-0.25, -0.2) is 21.6 Å². The molecule has 118 valence electrons. The average Bonchev–Trinajstić information content (AvgIpc) is 2.89. The van der Waals surface area contributed by atoms with Crippen molar-refractivity contribution < 1.29 is 21.6 Å². The summed E-state index contributed by atoms with van der Waals surface area (Å²) >= 11 is 1.56. The Balaban J connectivity index is 2.40. The number of hydrogen-bond acceptors (Lipinski definition) is 3. The summed E-state index contributed by atoms with van der Waals surface area (Å²) in [6.07, 6.45) is 4.33. The van der Waals surface area contributed by atoms with E-state index in [4.69, 9.17) is 0 Å². The average molecular weight is 339 g/mol. The molecule has 1 aliphatic carbocycles. The first-order chi connectivity index (χ1) is 9.78. The summed E-state index contributed by atoms with van der Waals surface area (Å²) < 4.78 is 65.9.